The summed E-state index contributed by atoms with van der Waals surface area (Å²) in [5.41, 5.74) is 4.65. The van der Waals surface area contributed by atoms with Crippen LogP contribution < -0.4 is 5.73 Å². The number of carbonyl (C=O) groups is 1. The predicted octanol–water partition coefficient (Wildman–Crippen LogP) is 0.380. The van der Waals surface area contributed by atoms with Crippen LogP contribution in [0, 0.1) is 0 Å². The van der Waals surface area contributed by atoms with Gasteiger partial charge in [0, 0.05) is 6.08 Å². The average molecular weight is 150 g/mol. The van der Waals surface area contributed by atoms with E-state index in [0.717, 1.165) is 0 Å². The smallest absolute Gasteiger partial charge is 0.241 e. The highest BCUT2D eigenvalue weighted by Gasteiger charge is 1.74. The average Bonchev–Trinajstić information content (AvgIpc) is 1.35. The third-order valence-corrected chi connectivity index (χ3v) is 0.492. The molecule has 34 valence electrons. The van der Waals surface area contributed by atoms with Crippen molar-refractivity contribution in [3.05, 3.63) is 11.1 Å². The van der Waals surface area contributed by atoms with E-state index in [2.05, 4.69) is 21.7 Å². The highest BCUT2D eigenvalue weighted by molar-refractivity contribution is 9.11. The van der Waals surface area contributed by atoms with Gasteiger partial charge in [0.25, 0.3) is 0 Å². The minimum absolute atomic E-state index is 0.438. The number of nitrogens with two attached hydrogens (primary N) is 1. The normalized spacial score (nSPS) is 9.50. The molecule has 0 aliphatic heterocycles. The van der Waals surface area contributed by atoms with Crippen molar-refractivity contribution in [2.24, 2.45) is 5.73 Å². The van der Waals surface area contributed by atoms with Gasteiger partial charge in [-0.1, -0.05) is 15.9 Å². The molecular formula is C3H4BrNO. The lowest BCUT2D eigenvalue weighted by atomic mass is 10.6. The predicted molar refractivity (Wildman–Crippen MR) is 27.3 cm³/mol. The number of hydrogen-bond donors (Lipinski definition) is 1. The SMILES string of the molecule is NC(=O)/C=C/Br. The van der Waals surface area contributed by atoms with E-state index in [9.17, 15) is 4.79 Å². The molecule has 2 nitrogen and oxygen atoms in total. The Kier molecular flexibility index (Phi) is 2.75. The standard InChI is InChI=1S/C3H4BrNO/c4-2-1-3(5)6/h1-2H,(H2,5,6)/b2-1+. The van der Waals surface area contributed by atoms with E-state index in [-0.39, 0.29) is 0 Å². The van der Waals surface area contributed by atoms with E-state index in [1.54, 1.807) is 0 Å². The first-order valence-electron chi connectivity index (χ1n) is 1.33. The molecule has 0 unspecified atom stereocenters. The fourth-order valence-corrected chi connectivity index (χ4v) is 0.323. The molecule has 0 radical (unpaired) electrons. The Morgan fingerprint density at radius 1 is 1.83 bits per heavy atom. The van der Waals surface area contributed by atoms with Crippen LogP contribution in [0.25, 0.3) is 0 Å². The zero-order valence-electron chi connectivity index (χ0n) is 3.02. The van der Waals surface area contributed by atoms with Crippen molar-refractivity contribution in [2.45, 2.75) is 0 Å². The van der Waals surface area contributed by atoms with Crippen molar-refractivity contribution < 1.29 is 4.79 Å². The van der Waals surface area contributed by atoms with Crippen molar-refractivity contribution in [3.63, 3.8) is 0 Å². The molecule has 0 heterocycles. The van der Waals surface area contributed by atoms with Gasteiger partial charge in [-0.3, -0.25) is 4.79 Å². The Bertz CT molecular complexity index is 78.9. The molecule has 0 saturated heterocycles. The van der Waals surface area contributed by atoms with Crippen LogP contribution >= 0.6 is 15.9 Å². The van der Waals surface area contributed by atoms with E-state index < -0.39 is 5.91 Å². The van der Waals surface area contributed by atoms with E-state index in [0.29, 0.717) is 0 Å². The van der Waals surface area contributed by atoms with Crippen molar-refractivity contribution in [3.8, 4) is 0 Å². The summed E-state index contributed by atoms with van der Waals surface area (Å²) in [7, 11) is 0. The number of rotatable bonds is 1. The largest absolute Gasteiger partial charge is 0.366 e. The van der Waals surface area contributed by atoms with Gasteiger partial charge in [-0.2, -0.15) is 0 Å². The van der Waals surface area contributed by atoms with Gasteiger partial charge in [0.05, 0.1) is 0 Å². The first-order chi connectivity index (χ1) is 2.77. The Hall–Kier alpha value is -0.310. The van der Waals surface area contributed by atoms with E-state index in [1.165, 1.54) is 11.1 Å². The Balaban J connectivity index is 3.30. The molecular weight excluding hydrogens is 146 g/mol. The third kappa shape index (κ3) is 3.69. The van der Waals surface area contributed by atoms with Crippen LogP contribution in [0.1, 0.15) is 0 Å². The maximum Gasteiger partial charge on any atom is 0.241 e. The van der Waals surface area contributed by atoms with Gasteiger partial charge in [-0.25, -0.2) is 0 Å². The highest BCUT2D eigenvalue weighted by atomic mass is 79.9. The fourth-order valence-electron chi connectivity index (χ4n) is 0.0621. The summed E-state index contributed by atoms with van der Waals surface area (Å²) in [4.78, 5) is 11.1. The van der Waals surface area contributed by atoms with Crippen LogP contribution in [0.5, 0.6) is 0 Å². The van der Waals surface area contributed by atoms with Gasteiger partial charge >= 0.3 is 0 Å². The minimum atomic E-state index is -0.438. The van der Waals surface area contributed by atoms with Crippen molar-refractivity contribution in [2.75, 3.05) is 0 Å². The van der Waals surface area contributed by atoms with E-state index in [4.69, 9.17) is 0 Å². The van der Waals surface area contributed by atoms with E-state index >= 15 is 0 Å². The summed E-state index contributed by atoms with van der Waals surface area (Å²) in [5.74, 6) is -0.438. The summed E-state index contributed by atoms with van der Waals surface area (Å²) in [6.07, 6.45) is 1.22. The quantitative estimate of drug-likeness (QED) is 0.539. The van der Waals surface area contributed by atoms with Crippen molar-refractivity contribution in [1.29, 1.82) is 0 Å². The van der Waals surface area contributed by atoms with Gasteiger partial charge in [-0.05, 0) is 4.99 Å². The lowest BCUT2D eigenvalue weighted by Crippen LogP contribution is -2.04. The monoisotopic (exact) mass is 149 g/mol. The molecule has 0 rings (SSSR count). The van der Waals surface area contributed by atoms with Crippen LogP contribution in [-0.2, 0) is 4.79 Å². The number of hydrogen-bond acceptors (Lipinski definition) is 1. The summed E-state index contributed by atoms with van der Waals surface area (Å²) in [5, 5.41) is 0. The van der Waals surface area contributed by atoms with Gasteiger partial charge in [-0.15, -0.1) is 0 Å². The lowest BCUT2D eigenvalue weighted by molar-refractivity contribution is -0.113. The first-order valence-corrected chi connectivity index (χ1v) is 2.25. The molecule has 0 aromatic heterocycles. The van der Waals surface area contributed by atoms with Crippen LogP contribution in [0.2, 0.25) is 0 Å². The van der Waals surface area contributed by atoms with Gasteiger partial charge in [0.1, 0.15) is 0 Å². The van der Waals surface area contributed by atoms with Crippen molar-refractivity contribution in [1.82, 2.24) is 0 Å². The molecule has 0 aromatic carbocycles. The zero-order chi connectivity index (χ0) is 4.99. The van der Waals surface area contributed by atoms with Crippen LogP contribution in [-0.4, -0.2) is 5.91 Å². The third-order valence-electron chi connectivity index (χ3n) is 0.227. The molecule has 0 aliphatic rings. The molecule has 1 amide bonds. The zero-order valence-corrected chi connectivity index (χ0v) is 4.60. The molecule has 0 aliphatic carbocycles. The van der Waals surface area contributed by atoms with Crippen LogP contribution in [0.4, 0.5) is 0 Å². The number of carbonyl (C=O) groups excluding carboxylic acids is 1. The van der Waals surface area contributed by atoms with Crippen molar-refractivity contribution >= 4 is 21.8 Å². The second-order valence-electron chi connectivity index (χ2n) is 0.695. The maximum atomic E-state index is 9.70. The molecule has 3 heteroatoms. The minimum Gasteiger partial charge on any atom is -0.366 e. The van der Waals surface area contributed by atoms with Gasteiger partial charge in [0.15, 0.2) is 0 Å². The summed E-state index contributed by atoms with van der Waals surface area (Å²) < 4.78 is 0. The molecule has 0 spiro atoms. The first kappa shape index (κ1) is 5.69. The number of primary amides is 1. The second kappa shape index (κ2) is 2.90. The van der Waals surface area contributed by atoms with Crippen LogP contribution in [0.15, 0.2) is 11.1 Å². The molecule has 6 heavy (non-hydrogen) atoms. The molecule has 0 aromatic rings. The summed E-state index contributed by atoms with van der Waals surface area (Å²) in [6.45, 7) is 0. The van der Waals surface area contributed by atoms with Gasteiger partial charge in [0.2, 0.25) is 5.91 Å². The molecule has 0 fully saturated rings. The molecule has 2 N–H and O–H groups in total. The maximum absolute atomic E-state index is 9.70. The summed E-state index contributed by atoms with van der Waals surface area (Å²) >= 11 is 2.87. The Morgan fingerprint density at radius 2 is 2.33 bits per heavy atom. The number of halogens is 1. The Labute approximate surface area is 44.1 Å². The molecule has 0 saturated carbocycles. The van der Waals surface area contributed by atoms with Gasteiger partial charge < -0.3 is 5.73 Å². The topological polar surface area (TPSA) is 43.1 Å². The fraction of sp³-hybridized carbons (Fsp3) is 0. The highest BCUT2D eigenvalue weighted by Crippen LogP contribution is 1.78. The second-order valence-corrected chi connectivity index (χ2v) is 1.22. The molecule has 0 atom stereocenters. The van der Waals surface area contributed by atoms with E-state index in [1.807, 2.05) is 0 Å². The summed E-state index contributed by atoms with van der Waals surface area (Å²) in [6, 6.07) is 0. The number of amides is 1. The Morgan fingerprint density at radius 3 is 2.33 bits per heavy atom. The molecule has 0 bridgehead atoms. The lowest BCUT2D eigenvalue weighted by Gasteiger charge is -1.69. The van der Waals surface area contributed by atoms with Crippen LogP contribution in [0.3, 0.4) is 0 Å².